The van der Waals surface area contributed by atoms with E-state index in [9.17, 15) is 4.39 Å². The number of rotatable bonds is 6. The van der Waals surface area contributed by atoms with Crippen LogP contribution in [0.4, 0.5) is 4.39 Å². The predicted octanol–water partition coefficient (Wildman–Crippen LogP) is 1.62. The summed E-state index contributed by atoms with van der Waals surface area (Å²) in [7, 11) is 1.72. The van der Waals surface area contributed by atoms with Crippen LogP contribution in [-0.4, -0.2) is 56.6 Å². The number of nitrogens with zero attached hydrogens (tertiary/aromatic N) is 1. The third kappa shape index (κ3) is 4.58. The van der Waals surface area contributed by atoms with Crippen LogP contribution in [0.25, 0.3) is 0 Å². The van der Waals surface area contributed by atoms with Crippen molar-refractivity contribution >= 4 is 0 Å². The van der Waals surface area contributed by atoms with Crippen LogP contribution in [0.3, 0.4) is 0 Å². The number of alkyl halides is 1. The molecule has 4 nitrogen and oxygen atoms in total. The van der Waals surface area contributed by atoms with Gasteiger partial charge in [-0.1, -0.05) is 0 Å². The Morgan fingerprint density at radius 3 is 3.05 bits per heavy atom. The number of hydrogen-bond donors (Lipinski definition) is 1. The average molecular weight is 284 g/mol. The topological polar surface area (TPSA) is 47.7 Å². The third-order valence-electron chi connectivity index (χ3n) is 3.90. The number of halogens is 1. The Balaban J connectivity index is 1.61. The molecule has 0 aromatic heterocycles. The summed E-state index contributed by atoms with van der Waals surface area (Å²) in [6, 6.07) is 0.152. The number of hydrogen-bond acceptors (Lipinski definition) is 4. The Hall–Kier alpha value is -0.910. The smallest absolute Gasteiger partial charge is 0.122 e. The van der Waals surface area contributed by atoms with Crippen molar-refractivity contribution < 1.29 is 13.9 Å². The van der Waals surface area contributed by atoms with Crippen LogP contribution < -0.4 is 5.73 Å². The summed E-state index contributed by atoms with van der Waals surface area (Å²) < 4.78 is 23.9. The van der Waals surface area contributed by atoms with Gasteiger partial charge in [0.1, 0.15) is 11.9 Å². The van der Waals surface area contributed by atoms with Crippen LogP contribution in [0, 0.1) is 0 Å². The fourth-order valence-electron chi connectivity index (χ4n) is 2.61. The van der Waals surface area contributed by atoms with E-state index in [1.54, 1.807) is 19.3 Å². The highest BCUT2D eigenvalue weighted by atomic mass is 19.1. The lowest BCUT2D eigenvalue weighted by Gasteiger charge is -2.35. The van der Waals surface area contributed by atoms with E-state index in [4.69, 9.17) is 15.2 Å². The van der Waals surface area contributed by atoms with E-state index in [1.807, 2.05) is 6.08 Å². The van der Waals surface area contributed by atoms with Crippen molar-refractivity contribution in [1.29, 1.82) is 0 Å². The number of likely N-dealkylation sites (tertiary alicyclic amines) is 1. The van der Waals surface area contributed by atoms with Crippen LogP contribution in [0.15, 0.2) is 24.0 Å². The standard InChI is InChI=1S/C15H25FN2O2/c1-19-15-11-18(9-7-14(15)17)8-2-10-20-13-5-3-12(16)4-6-13/h3,5-6,12,14-15H,2,4,7-11,17H2,1H3. The Labute approximate surface area is 120 Å². The van der Waals surface area contributed by atoms with Crippen molar-refractivity contribution in [3.05, 3.63) is 24.0 Å². The zero-order valence-electron chi connectivity index (χ0n) is 12.1. The first-order valence-electron chi connectivity index (χ1n) is 7.35. The van der Waals surface area contributed by atoms with Crippen LogP contribution in [0.1, 0.15) is 19.3 Å². The van der Waals surface area contributed by atoms with Gasteiger partial charge < -0.3 is 20.1 Å². The van der Waals surface area contributed by atoms with Gasteiger partial charge in [0.2, 0.25) is 0 Å². The minimum absolute atomic E-state index is 0.134. The lowest BCUT2D eigenvalue weighted by atomic mass is 10.0. The molecular weight excluding hydrogens is 259 g/mol. The zero-order valence-corrected chi connectivity index (χ0v) is 12.1. The van der Waals surface area contributed by atoms with Gasteiger partial charge in [0.15, 0.2) is 0 Å². The van der Waals surface area contributed by atoms with Gasteiger partial charge in [0, 0.05) is 32.7 Å². The van der Waals surface area contributed by atoms with Crippen LogP contribution in [-0.2, 0) is 9.47 Å². The molecule has 5 heteroatoms. The fourth-order valence-corrected chi connectivity index (χ4v) is 2.61. The molecule has 0 bridgehead atoms. The Morgan fingerprint density at radius 2 is 2.35 bits per heavy atom. The molecule has 2 aliphatic rings. The summed E-state index contributed by atoms with van der Waals surface area (Å²) in [5.74, 6) is 0.786. The van der Waals surface area contributed by atoms with E-state index in [-0.39, 0.29) is 12.1 Å². The monoisotopic (exact) mass is 284 g/mol. The molecule has 0 spiro atoms. The van der Waals surface area contributed by atoms with Crippen molar-refractivity contribution in [3.63, 3.8) is 0 Å². The molecule has 0 radical (unpaired) electrons. The molecule has 0 saturated carbocycles. The normalized spacial score (nSPS) is 31.1. The second-order valence-electron chi connectivity index (χ2n) is 5.45. The van der Waals surface area contributed by atoms with E-state index >= 15 is 0 Å². The van der Waals surface area contributed by atoms with Crippen molar-refractivity contribution in [2.45, 2.75) is 37.6 Å². The first kappa shape index (κ1) is 15.5. The lowest BCUT2D eigenvalue weighted by molar-refractivity contribution is 0.0147. The average Bonchev–Trinajstić information content (AvgIpc) is 2.47. The Morgan fingerprint density at radius 1 is 1.50 bits per heavy atom. The highest BCUT2D eigenvalue weighted by molar-refractivity contribution is 5.18. The van der Waals surface area contributed by atoms with Crippen LogP contribution in [0.5, 0.6) is 0 Å². The highest BCUT2D eigenvalue weighted by Crippen LogP contribution is 2.15. The molecule has 3 unspecified atom stereocenters. The van der Waals surface area contributed by atoms with E-state index < -0.39 is 6.17 Å². The molecule has 2 rings (SSSR count). The van der Waals surface area contributed by atoms with Gasteiger partial charge in [0.25, 0.3) is 0 Å². The van der Waals surface area contributed by atoms with Gasteiger partial charge >= 0.3 is 0 Å². The maximum Gasteiger partial charge on any atom is 0.122 e. The number of allylic oxidation sites excluding steroid dienone is 3. The summed E-state index contributed by atoms with van der Waals surface area (Å²) in [6.07, 6.45) is 6.71. The molecule has 20 heavy (non-hydrogen) atoms. The maximum atomic E-state index is 12.9. The number of piperidine rings is 1. The van der Waals surface area contributed by atoms with E-state index in [0.29, 0.717) is 13.0 Å². The van der Waals surface area contributed by atoms with Crippen molar-refractivity contribution in [3.8, 4) is 0 Å². The van der Waals surface area contributed by atoms with Gasteiger partial charge in [-0.15, -0.1) is 0 Å². The summed E-state index contributed by atoms with van der Waals surface area (Å²) in [5.41, 5.74) is 5.99. The number of methoxy groups -OCH3 is 1. The molecule has 3 atom stereocenters. The number of ether oxygens (including phenoxy) is 2. The molecule has 114 valence electrons. The Kier molecular flexibility index (Phi) is 6.01. The largest absolute Gasteiger partial charge is 0.494 e. The minimum Gasteiger partial charge on any atom is -0.494 e. The predicted molar refractivity (Wildman–Crippen MR) is 77.1 cm³/mol. The van der Waals surface area contributed by atoms with Gasteiger partial charge in [-0.05, 0) is 37.6 Å². The lowest BCUT2D eigenvalue weighted by Crippen LogP contribution is -2.51. The molecule has 1 heterocycles. The molecule has 0 amide bonds. The first-order chi connectivity index (χ1) is 9.69. The zero-order chi connectivity index (χ0) is 14.4. The van der Waals surface area contributed by atoms with E-state index in [2.05, 4.69) is 4.90 Å². The third-order valence-corrected chi connectivity index (χ3v) is 3.90. The molecule has 0 aromatic carbocycles. The first-order valence-corrected chi connectivity index (χ1v) is 7.35. The second kappa shape index (κ2) is 7.76. The van der Waals surface area contributed by atoms with Crippen molar-refractivity contribution in [1.82, 2.24) is 4.90 Å². The fraction of sp³-hybridized carbons (Fsp3) is 0.733. The van der Waals surface area contributed by atoms with E-state index in [1.165, 1.54) is 0 Å². The molecule has 1 aliphatic carbocycles. The maximum absolute atomic E-state index is 12.9. The number of nitrogens with two attached hydrogens (primary N) is 1. The molecular formula is C15H25FN2O2. The van der Waals surface area contributed by atoms with Crippen LogP contribution in [0.2, 0.25) is 0 Å². The summed E-state index contributed by atoms with van der Waals surface area (Å²) in [5, 5.41) is 0. The summed E-state index contributed by atoms with van der Waals surface area (Å²) >= 11 is 0. The minimum atomic E-state index is -0.856. The molecule has 1 saturated heterocycles. The van der Waals surface area contributed by atoms with Gasteiger partial charge in [-0.2, -0.15) is 0 Å². The Bertz CT molecular complexity index is 360. The molecule has 1 aliphatic heterocycles. The second-order valence-corrected chi connectivity index (χ2v) is 5.45. The molecule has 0 aromatic rings. The SMILES string of the molecule is COC1CN(CCCOC2=CCC(F)C=C2)CCC1N. The molecule has 2 N–H and O–H groups in total. The summed E-state index contributed by atoms with van der Waals surface area (Å²) in [4.78, 5) is 2.36. The van der Waals surface area contributed by atoms with E-state index in [0.717, 1.165) is 38.2 Å². The van der Waals surface area contributed by atoms with Crippen molar-refractivity contribution in [2.75, 3.05) is 33.4 Å². The highest BCUT2D eigenvalue weighted by Gasteiger charge is 2.25. The van der Waals surface area contributed by atoms with Gasteiger partial charge in [-0.25, -0.2) is 4.39 Å². The van der Waals surface area contributed by atoms with Crippen LogP contribution >= 0.6 is 0 Å². The molecule has 1 fully saturated rings. The quantitative estimate of drug-likeness (QED) is 0.753. The van der Waals surface area contributed by atoms with Crippen molar-refractivity contribution in [2.24, 2.45) is 5.73 Å². The van der Waals surface area contributed by atoms with Gasteiger partial charge in [0.05, 0.1) is 12.7 Å². The summed E-state index contributed by atoms with van der Waals surface area (Å²) in [6.45, 7) is 3.56. The van der Waals surface area contributed by atoms with Gasteiger partial charge in [-0.3, -0.25) is 0 Å².